The second-order valence-electron chi connectivity index (χ2n) is 4.92. The average Bonchev–Trinajstić information content (AvgIpc) is 2.51. The van der Waals surface area contributed by atoms with Crippen molar-refractivity contribution in [2.75, 3.05) is 0 Å². The lowest BCUT2D eigenvalue weighted by Gasteiger charge is -2.36. The van der Waals surface area contributed by atoms with Crippen LogP contribution in [0.4, 0.5) is 4.79 Å². The lowest BCUT2D eigenvalue weighted by atomic mass is 9.90. The number of amides is 1. The van der Waals surface area contributed by atoms with E-state index >= 15 is 0 Å². The van der Waals surface area contributed by atoms with E-state index in [4.69, 9.17) is 4.74 Å². The van der Waals surface area contributed by atoms with E-state index in [2.05, 4.69) is 4.98 Å². The van der Waals surface area contributed by atoms with E-state index in [1.54, 1.807) is 32.3 Å². The Bertz CT molecular complexity index is 447. The van der Waals surface area contributed by atoms with Crippen molar-refractivity contribution in [2.45, 2.75) is 45.1 Å². The maximum Gasteiger partial charge on any atom is 0.413 e. The van der Waals surface area contributed by atoms with Gasteiger partial charge in [0.15, 0.2) is 11.3 Å². The molecule has 5 heteroatoms. The van der Waals surface area contributed by atoms with Crippen molar-refractivity contribution >= 4 is 6.09 Å². The summed E-state index contributed by atoms with van der Waals surface area (Å²) in [4.78, 5) is 17.2. The normalized spacial score (nSPS) is 31.6. The highest BCUT2D eigenvalue weighted by molar-refractivity contribution is 5.72. The quantitative estimate of drug-likeness (QED) is 0.890. The Morgan fingerprint density at radius 2 is 2.22 bits per heavy atom. The van der Waals surface area contributed by atoms with Crippen LogP contribution < -0.4 is 0 Å². The van der Waals surface area contributed by atoms with E-state index in [1.165, 1.54) is 4.90 Å². The van der Waals surface area contributed by atoms with Gasteiger partial charge in [0.1, 0.15) is 0 Å². The van der Waals surface area contributed by atoms with Gasteiger partial charge in [0.25, 0.3) is 0 Å². The molecule has 1 amide bonds. The van der Waals surface area contributed by atoms with Gasteiger partial charge in [-0.2, -0.15) is 0 Å². The number of cyclic esters (lactones) is 1. The predicted molar refractivity (Wildman–Crippen MR) is 65.6 cm³/mol. The molecular formula is C13H18N2O3. The number of pyridine rings is 1. The van der Waals surface area contributed by atoms with Crippen LogP contribution in [0.25, 0.3) is 0 Å². The van der Waals surface area contributed by atoms with Crippen LogP contribution in [0.1, 0.15) is 32.8 Å². The Labute approximate surface area is 106 Å². The van der Waals surface area contributed by atoms with Crippen LogP contribution in [0, 0.1) is 0 Å². The van der Waals surface area contributed by atoms with E-state index in [0.29, 0.717) is 6.42 Å². The van der Waals surface area contributed by atoms with Crippen LogP contribution in [-0.2, 0) is 11.3 Å². The SMILES string of the molecule is CC[C@@]1(C)OC(=O)N(Cc2cccnc2)[C@]1(C)O. The predicted octanol–water partition coefficient (Wildman–Crippen LogP) is 1.91. The van der Waals surface area contributed by atoms with Gasteiger partial charge in [-0.15, -0.1) is 0 Å². The third-order valence-electron chi connectivity index (χ3n) is 3.80. The van der Waals surface area contributed by atoms with E-state index in [9.17, 15) is 9.90 Å². The molecule has 2 heterocycles. The first kappa shape index (κ1) is 12.8. The number of hydrogen-bond donors (Lipinski definition) is 1. The van der Waals surface area contributed by atoms with Crippen LogP contribution in [0.3, 0.4) is 0 Å². The molecule has 5 nitrogen and oxygen atoms in total. The van der Waals surface area contributed by atoms with E-state index in [1.807, 2.05) is 13.0 Å². The minimum absolute atomic E-state index is 0.287. The zero-order chi connectivity index (χ0) is 13.4. The molecule has 18 heavy (non-hydrogen) atoms. The van der Waals surface area contributed by atoms with Crippen LogP contribution in [-0.4, -0.2) is 32.4 Å². The summed E-state index contributed by atoms with van der Waals surface area (Å²) in [7, 11) is 0. The maximum absolute atomic E-state index is 11.9. The lowest BCUT2D eigenvalue weighted by Crippen LogP contribution is -2.54. The number of aromatic nitrogens is 1. The third kappa shape index (κ3) is 1.84. The fourth-order valence-electron chi connectivity index (χ4n) is 2.11. The maximum atomic E-state index is 11.9. The molecule has 0 saturated carbocycles. The minimum atomic E-state index is -1.32. The first-order valence-electron chi connectivity index (χ1n) is 6.02. The number of nitrogens with zero attached hydrogens (tertiary/aromatic N) is 2. The molecule has 0 unspecified atom stereocenters. The van der Waals surface area contributed by atoms with Gasteiger partial charge in [0.05, 0.1) is 6.54 Å². The standard InChI is InChI=1S/C13H18N2O3/c1-4-12(2)13(3,17)15(11(16)18-12)9-10-6-5-7-14-8-10/h5-8,17H,4,9H2,1-3H3/t12-,13-/m1/s1. The second-order valence-corrected chi connectivity index (χ2v) is 4.92. The number of hydrogen-bond acceptors (Lipinski definition) is 4. The Hall–Kier alpha value is -1.62. The van der Waals surface area contributed by atoms with Gasteiger partial charge < -0.3 is 9.84 Å². The first-order valence-corrected chi connectivity index (χ1v) is 6.02. The molecule has 1 aromatic heterocycles. The summed E-state index contributed by atoms with van der Waals surface area (Å²) in [5, 5.41) is 10.6. The minimum Gasteiger partial charge on any atom is -0.438 e. The molecule has 1 aliphatic heterocycles. The molecule has 1 aromatic rings. The summed E-state index contributed by atoms with van der Waals surface area (Å²) in [5.41, 5.74) is -1.35. The van der Waals surface area contributed by atoms with E-state index < -0.39 is 17.4 Å². The van der Waals surface area contributed by atoms with Crippen LogP contribution in [0.5, 0.6) is 0 Å². The second kappa shape index (κ2) is 4.24. The molecule has 1 aliphatic rings. The molecule has 2 atom stereocenters. The van der Waals surface area contributed by atoms with Gasteiger partial charge in [-0.05, 0) is 31.9 Å². The van der Waals surface area contributed by atoms with Crippen molar-refractivity contribution in [3.05, 3.63) is 30.1 Å². The highest BCUT2D eigenvalue weighted by Crippen LogP contribution is 2.40. The van der Waals surface area contributed by atoms with Crippen molar-refractivity contribution in [1.82, 2.24) is 9.88 Å². The summed E-state index contributed by atoms with van der Waals surface area (Å²) in [6.45, 7) is 5.52. The Kier molecular flexibility index (Phi) is 3.02. The van der Waals surface area contributed by atoms with Gasteiger partial charge in [0, 0.05) is 12.4 Å². The largest absolute Gasteiger partial charge is 0.438 e. The molecule has 0 aromatic carbocycles. The highest BCUT2D eigenvalue weighted by Gasteiger charge is 2.58. The fourth-order valence-corrected chi connectivity index (χ4v) is 2.11. The molecule has 0 radical (unpaired) electrons. The van der Waals surface area contributed by atoms with Crippen LogP contribution in [0.2, 0.25) is 0 Å². The van der Waals surface area contributed by atoms with Crippen molar-refractivity contribution < 1.29 is 14.6 Å². The van der Waals surface area contributed by atoms with Gasteiger partial charge >= 0.3 is 6.09 Å². The van der Waals surface area contributed by atoms with Crippen molar-refractivity contribution in [3.63, 3.8) is 0 Å². The van der Waals surface area contributed by atoms with Crippen molar-refractivity contribution in [2.24, 2.45) is 0 Å². The number of carbonyl (C=O) groups excluding carboxylic acids is 1. The number of aliphatic hydroxyl groups is 1. The molecule has 0 spiro atoms. The zero-order valence-corrected chi connectivity index (χ0v) is 10.9. The van der Waals surface area contributed by atoms with Gasteiger partial charge in [-0.25, -0.2) is 4.79 Å². The molecule has 0 aliphatic carbocycles. The summed E-state index contributed by atoms with van der Waals surface area (Å²) in [6, 6.07) is 3.66. The average molecular weight is 250 g/mol. The van der Waals surface area contributed by atoms with Crippen LogP contribution in [0.15, 0.2) is 24.5 Å². The van der Waals surface area contributed by atoms with Crippen LogP contribution >= 0.6 is 0 Å². The Morgan fingerprint density at radius 3 is 2.72 bits per heavy atom. The molecule has 1 saturated heterocycles. The fraction of sp³-hybridized carbons (Fsp3) is 0.538. The number of rotatable bonds is 3. The summed E-state index contributed by atoms with van der Waals surface area (Å²) in [6.07, 6.45) is 3.40. The summed E-state index contributed by atoms with van der Waals surface area (Å²) in [5.74, 6) is 0. The van der Waals surface area contributed by atoms with Gasteiger partial charge in [-0.3, -0.25) is 9.88 Å². The lowest BCUT2D eigenvalue weighted by molar-refractivity contribution is -0.139. The highest BCUT2D eigenvalue weighted by atomic mass is 16.6. The molecule has 0 bridgehead atoms. The third-order valence-corrected chi connectivity index (χ3v) is 3.80. The Balaban J connectivity index is 2.26. The van der Waals surface area contributed by atoms with Crippen molar-refractivity contribution in [3.8, 4) is 0 Å². The zero-order valence-electron chi connectivity index (χ0n) is 10.9. The summed E-state index contributed by atoms with van der Waals surface area (Å²) >= 11 is 0. The topological polar surface area (TPSA) is 62.7 Å². The Morgan fingerprint density at radius 1 is 1.50 bits per heavy atom. The summed E-state index contributed by atoms with van der Waals surface area (Å²) < 4.78 is 5.31. The van der Waals surface area contributed by atoms with E-state index in [0.717, 1.165) is 5.56 Å². The van der Waals surface area contributed by atoms with E-state index in [-0.39, 0.29) is 6.54 Å². The van der Waals surface area contributed by atoms with Gasteiger partial charge in [-0.1, -0.05) is 13.0 Å². The number of carbonyl (C=O) groups is 1. The molecule has 1 N–H and O–H groups in total. The van der Waals surface area contributed by atoms with Crippen molar-refractivity contribution in [1.29, 1.82) is 0 Å². The molecular weight excluding hydrogens is 232 g/mol. The number of ether oxygens (including phenoxy) is 1. The molecule has 2 rings (SSSR count). The first-order chi connectivity index (χ1) is 8.40. The monoisotopic (exact) mass is 250 g/mol. The van der Waals surface area contributed by atoms with Gasteiger partial charge in [0.2, 0.25) is 0 Å². The molecule has 98 valence electrons. The molecule has 1 fully saturated rings. The smallest absolute Gasteiger partial charge is 0.413 e.